The molecule has 0 bridgehead atoms. The summed E-state index contributed by atoms with van der Waals surface area (Å²) in [7, 11) is 0. The molecule has 1 aliphatic heterocycles. The number of aromatic amines is 1. The fraction of sp³-hybridized carbons (Fsp3) is 0.350. The van der Waals surface area contributed by atoms with Crippen molar-refractivity contribution in [3.05, 3.63) is 66.8 Å². The Labute approximate surface area is 163 Å². The second-order valence-electron chi connectivity index (χ2n) is 6.51. The number of aromatic nitrogens is 2. The van der Waals surface area contributed by atoms with Gasteiger partial charge in [0.15, 0.2) is 0 Å². The molecule has 1 amide bonds. The lowest BCUT2D eigenvalue weighted by Crippen LogP contribution is -2.39. The van der Waals surface area contributed by atoms with Gasteiger partial charge in [0.25, 0.3) is 0 Å². The van der Waals surface area contributed by atoms with Crippen LogP contribution in [0.25, 0.3) is 0 Å². The van der Waals surface area contributed by atoms with Crippen molar-refractivity contribution in [2.45, 2.75) is 30.6 Å². The summed E-state index contributed by atoms with van der Waals surface area (Å²) in [5.41, 5.74) is 1.63. The summed E-state index contributed by atoms with van der Waals surface area (Å²) in [6.45, 7) is 6.28. The molecule has 7 heteroatoms. The van der Waals surface area contributed by atoms with Crippen molar-refractivity contribution in [1.82, 2.24) is 14.9 Å². The Morgan fingerprint density at radius 1 is 1.44 bits per heavy atom. The number of nitrogens with one attached hydrogen (secondary N) is 1. The highest BCUT2D eigenvalue weighted by Gasteiger charge is 2.41. The molecule has 3 rings (SSSR count). The molecule has 0 spiro atoms. The molecule has 1 fully saturated rings. The predicted octanol–water partition coefficient (Wildman–Crippen LogP) is 3.85. The number of hydrogen-bond acceptors (Lipinski definition) is 5. The standard InChI is InChI=1S/C20H23N3O3S/c1-3-9-26-20(25)23-12-16(27-19(24)15-7-5-4-6-8-15)10-18(23)14(2)17-11-21-13-22-17/h3-8,11,13-14,16,18H,1,9-10,12H2,2H3,(H,21,22)/t14?,16-,18+/m0/s1. The smallest absolute Gasteiger partial charge is 0.410 e. The van der Waals surface area contributed by atoms with E-state index in [1.54, 1.807) is 23.5 Å². The van der Waals surface area contributed by atoms with Gasteiger partial charge in [0.2, 0.25) is 5.12 Å². The number of nitrogens with zero attached hydrogens (tertiary/aromatic N) is 2. The van der Waals surface area contributed by atoms with Crippen LogP contribution in [0.5, 0.6) is 0 Å². The van der Waals surface area contributed by atoms with Crippen molar-refractivity contribution in [3.63, 3.8) is 0 Å². The summed E-state index contributed by atoms with van der Waals surface area (Å²) >= 11 is 1.29. The van der Waals surface area contributed by atoms with Crippen LogP contribution in [0.15, 0.2) is 55.5 Å². The van der Waals surface area contributed by atoms with Crippen molar-refractivity contribution in [3.8, 4) is 0 Å². The van der Waals surface area contributed by atoms with Crippen molar-refractivity contribution in [2.75, 3.05) is 13.2 Å². The van der Waals surface area contributed by atoms with Gasteiger partial charge in [-0.1, -0.05) is 61.7 Å². The molecule has 0 saturated carbocycles. The fourth-order valence-corrected chi connectivity index (χ4v) is 4.43. The molecule has 6 nitrogen and oxygen atoms in total. The number of rotatable bonds is 6. The average molecular weight is 385 g/mol. The maximum Gasteiger partial charge on any atom is 0.410 e. The molecular formula is C20H23N3O3S. The molecule has 2 heterocycles. The highest BCUT2D eigenvalue weighted by Crippen LogP contribution is 2.36. The van der Waals surface area contributed by atoms with E-state index in [1.165, 1.54) is 11.8 Å². The van der Waals surface area contributed by atoms with Crippen LogP contribution in [-0.4, -0.2) is 50.5 Å². The molecule has 1 saturated heterocycles. The van der Waals surface area contributed by atoms with E-state index in [9.17, 15) is 9.59 Å². The Hall–Kier alpha value is -2.54. The lowest BCUT2D eigenvalue weighted by atomic mass is 9.97. The number of carbonyl (C=O) groups is 2. The quantitative estimate of drug-likeness (QED) is 0.765. The Bertz CT molecular complexity index is 779. The third-order valence-electron chi connectivity index (χ3n) is 4.73. The predicted molar refractivity (Wildman–Crippen MR) is 106 cm³/mol. The van der Waals surface area contributed by atoms with Gasteiger partial charge in [0.05, 0.1) is 6.33 Å². The van der Waals surface area contributed by atoms with Gasteiger partial charge in [0.1, 0.15) is 6.61 Å². The minimum Gasteiger partial charge on any atom is -0.445 e. The number of ether oxygens (including phenoxy) is 1. The molecule has 1 unspecified atom stereocenters. The molecule has 1 aromatic heterocycles. The van der Waals surface area contributed by atoms with E-state index in [1.807, 2.05) is 30.3 Å². The van der Waals surface area contributed by atoms with Crippen LogP contribution in [0.3, 0.4) is 0 Å². The normalized spacial score (nSPS) is 20.3. The van der Waals surface area contributed by atoms with Gasteiger partial charge in [-0.3, -0.25) is 4.79 Å². The first-order chi connectivity index (χ1) is 13.1. The molecule has 0 radical (unpaired) electrons. The van der Waals surface area contributed by atoms with Gasteiger partial charge in [0, 0.05) is 41.2 Å². The lowest BCUT2D eigenvalue weighted by molar-refractivity contribution is 0.103. The van der Waals surface area contributed by atoms with E-state index in [0.717, 1.165) is 5.69 Å². The molecule has 0 aliphatic carbocycles. The maximum atomic E-state index is 12.6. The molecular weight excluding hydrogens is 362 g/mol. The van der Waals surface area contributed by atoms with Crippen LogP contribution in [-0.2, 0) is 4.74 Å². The Kier molecular flexibility index (Phi) is 6.34. The van der Waals surface area contributed by atoms with Crippen molar-refractivity contribution >= 4 is 23.0 Å². The number of amides is 1. The monoisotopic (exact) mass is 385 g/mol. The highest BCUT2D eigenvalue weighted by molar-refractivity contribution is 8.14. The largest absolute Gasteiger partial charge is 0.445 e. The van der Waals surface area contributed by atoms with Gasteiger partial charge < -0.3 is 14.6 Å². The van der Waals surface area contributed by atoms with Crippen LogP contribution < -0.4 is 0 Å². The summed E-state index contributed by atoms with van der Waals surface area (Å²) in [6.07, 6.45) is 5.29. The number of benzene rings is 1. The maximum absolute atomic E-state index is 12.6. The Morgan fingerprint density at radius 2 is 2.22 bits per heavy atom. The second-order valence-corrected chi connectivity index (χ2v) is 7.78. The summed E-state index contributed by atoms with van der Waals surface area (Å²) in [5, 5.41) is 0.0409. The molecule has 1 aliphatic rings. The van der Waals surface area contributed by atoms with Crippen LogP contribution in [0.1, 0.15) is 35.3 Å². The molecule has 142 valence electrons. The SMILES string of the molecule is C=CCOC(=O)N1C[C@@H](SC(=O)c2ccccc2)C[C@@H]1C(C)c1cnc[nH]1. The zero-order valence-corrected chi connectivity index (χ0v) is 16.0. The van der Waals surface area contributed by atoms with Crippen molar-refractivity contribution in [2.24, 2.45) is 0 Å². The summed E-state index contributed by atoms with van der Waals surface area (Å²) in [5.74, 6) is 0.0567. The zero-order valence-electron chi connectivity index (χ0n) is 15.2. The van der Waals surface area contributed by atoms with Crippen LogP contribution in [0.2, 0.25) is 0 Å². The second kappa shape index (κ2) is 8.90. The minimum absolute atomic E-state index is 0.0179. The van der Waals surface area contributed by atoms with Crippen molar-refractivity contribution in [1.29, 1.82) is 0 Å². The van der Waals surface area contributed by atoms with E-state index < -0.39 is 0 Å². The van der Waals surface area contributed by atoms with Gasteiger partial charge in [-0.15, -0.1) is 0 Å². The first-order valence-corrected chi connectivity index (χ1v) is 9.76. The van der Waals surface area contributed by atoms with Crippen LogP contribution in [0, 0.1) is 0 Å². The van der Waals surface area contributed by atoms with Crippen LogP contribution in [0.4, 0.5) is 4.79 Å². The molecule has 27 heavy (non-hydrogen) atoms. The van der Waals surface area contributed by atoms with Gasteiger partial charge in [-0.25, -0.2) is 9.78 Å². The van der Waals surface area contributed by atoms with Gasteiger partial charge in [-0.05, 0) is 6.42 Å². The highest BCUT2D eigenvalue weighted by atomic mass is 32.2. The Morgan fingerprint density at radius 3 is 2.89 bits per heavy atom. The van der Waals surface area contributed by atoms with E-state index in [4.69, 9.17) is 4.74 Å². The molecule has 3 atom stereocenters. The van der Waals surface area contributed by atoms with Crippen molar-refractivity contribution < 1.29 is 14.3 Å². The summed E-state index contributed by atoms with van der Waals surface area (Å²) < 4.78 is 5.26. The molecule has 1 aromatic carbocycles. The number of carbonyl (C=O) groups excluding carboxylic acids is 2. The molecule has 1 N–H and O–H groups in total. The number of H-pyrrole nitrogens is 1. The first kappa shape index (κ1) is 19.2. The minimum atomic E-state index is -0.374. The third-order valence-corrected chi connectivity index (χ3v) is 5.86. The lowest BCUT2D eigenvalue weighted by Gasteiger charge is -2.28. The Balaban J connectivity index is 1.73. The van der Waals surface area contributed by atoms with Gasteiger partial charge in [-0.2, -0.15) is 0 Å². The summed E-state index contributed by atoms with van der Waals surface area (Å²) in [6, 6.07) is 9.14. The van der Waals surface area contributed by atoms with Gasteiger partial charge >= 0.3 is 6.09 Å². The third kappa shape index (κ3) is 4.60. The van der Waals surface area contributed by atoms with E-state index in [0.29, 0.717) is 18.5 Å². The average Bonchev–Trinajstić information content (AvgIpc) is 3.36. The number of imidazole rings is 1. The van der Waals surface area contributed by atoms with E-state index >= 15 is 0 Å². The van der Waals surface area contributed by atoms with E-state index in [2.05, 4.69) is 23.5 Å². The summed E-state index contributed by atoms with van der Waals surface area (Å²) in [4.78, 5) is 34.0. The first-order valence-electron chi connectivity index (χ1n) is 8.88. The molecule has 2 aromatic rings. The van der Waals surface area contributed by atoms with Crippen LogP contribution >= 0.6 is 11.8 Å². The number of hydrogen-bond donors (Lipinski definition) is 1. The van der Waals surface area contributed by atoms with E-state index in [-0.39, 0.29) is 35.0 Å². The zero-order chi connectivity index (χ0) is 19.2. The number of likely N-dealkylation sites (tertiary alicyclic amines) is 1. The topological polar surface area (TPSA) is 75.3 Å². The number of thioether (sulfide) groups is 1. The fourth-order valence-electron chi connectivity index (χ4n) is 3.32.